The van der Waals surface area contributed by atoms with Gasteiger partial charge in [0.05, 0.1) is 11.7 Å². The van der Waals surface area contributed by atoms with Gasteiger partial charge >= 0.3 is 35.5 Å². The van der Waals surface area contributed by atoms with Gasteiger partial charge in [0.2, 0.25) is 0 Å². The van der Waals surface area contributed by atoms with Crippen molar-refractivity contribution in [2.45, 2.75) is 18.3 Å². The molecule has 3 rings (SSSR count). The minimum absolute atomic E-state index is 0. The standard InChI is InChI=1S/C16H17N5O7S2.Na/c1-6(22)28-3-7-4-29-14-10(13(24)21(14)11(7)15(25)26)19-12(23)9(20-27-2)8-5-30-16(17)18-8;/h5,10,14H,3-4H2,1-2H3,(H2,17,18)(H,19,23)(H,25,26);/q;+1/p-1/t10-,14?;/m0./s1. The summed E-state index contributed by atoms with van der Waals surface area (Å²) in [6.45, 7) is 0.919. The van der Waals surface area contributed by atoms with Crippen LogP contribution >= 0.6 is 23.1 Å². The van der Waals surface area contributed by atoms with E-state index in [-0.39, 0.29) is 69.7 Å². The van der Waals surface area contributed by atoms with E-state index >= 15 is 0 Å². The van der Waals surface area contributed by atoms with Crippen LogP contribution in [0.1, 0.15) is 12.6 Å². The maximum atomic E-state index is 12.6. The van der Waals surface area contributed by atoms with Gasteiger partial charge in [-0.1, -0.05) is 5.16 Å². The number of carboxylic acid groups (broad SMARTS) is 1. The third-order valence-electron chi connectivity index (χ3n) is 4.14. The summed E-state index contributed by atoms with van der Waals surface area (Å²) in [6.07, 6.45) is 0. The zero-order valence-electron chi connectivity index (χ0n) is 16.7. The van der Waals surface area contributed by atoms with Crippen LogP contribution in [0.4, 0.5) is 5.13 Å². The van der Waals surface area contributed by atoms with Crippen molar-refractivity contribution in [2.24, 2.45) is 5.16 Å². The number of anilines is 1. The number of nitrogens with two attached hydrogens (primary N) is 1. The maximum absolute atomic E-state index is 12.6. The molecule has 0 spiro atoms. The quantitative estimate of drug-likeness (QED) is 0.127. The first-order valence-electron chi connectivity index (χ1n) is 8.39. The molecule has 0 aromatic carbocycles. The summed E-state index contributed by atoms with van der Waals surface area (Å²) in [4.78, 5) is 57.5. The molecule has 0 radical (unpaired) electrons. The SMILES string of the molecule is CON=C(C(=O)N[C@H]1C(=O)N2C(C(=O)[O-])=C(COC(C)=O)CSC12)c1csc(N)n1.[Na+]. The first-order chi connectivity index (χ1) is 14.2. The van der Waals surface area contributed by atoms with E-state index in [0.29, 0.717) is 0 Å². The monoisotopic (exact) mass is 477 g/mol. The van der Waals surface area contributed by atoms with Crippen molar-refractivity contribution in [1.29, 1.82) is 0 Å². The third-order valence-corrected chi connectivity index (χ3v) is 6.15. The second-order valence-corrected chi connectivity index (χ2v) is 8.07. The molecule has 160 valence electrons. The molecule has 0 aliphatic carbocycles. The van der Waals surface area contributed by atoms with Crippen molar-refractivity contribution in [3.05, 3.63) is 22.3 Å². The second kappa shape index (κ2) is 10.5. The summed E-state index contributed by atoms with van der Waals surface area (Å²) < 4.78 is 4.85. The van der Waals surface area contributed by atoms with E-state index < -0.39 is 35.2 Å². The number of hydrogen-bond donors (Lipinski definition) is 2. The molecule has 3 heterocycles. The number of carbonyl (C=O) groups excluding carboxylic acids is 4. The number of thioether (sulfide) groups is 1. The van der Waals surface area contributed by atoms with Gasteiger partial charge in [-0.15, -0.1) is 23.1 Å². The molecular weight excluding hydrogens is 461 g/mol. The number of amides is 2. The zero-order chi connectivity index (χ0) is 22.0. The van der Waals surface area contributed by atoms with Gasteiger partial charge in [0, 0.05) is 23.6 Å². The van der Waals surface area contributed by atoms with Crippen molar-refractivity contribution in [1.82, 2.24) is 15.2 Å². The molecule has 3 N–H and O–H groups in total. The number of β-lactam (4-membered cyclic amide) rings is 1. The maximum Gasteiger partial charge on any atom is 1.00 e. The predicted octanol–water partition coefficient (Wildman–Crippen LogP) is -4.95. The van der Waals surface area contributed by atoms with Crippen molar-refractivity contribution >= 4 is 57.7 Å². The van der Waals surface area contributed by atoms with E-state index in [1.54, 1.807) is 0 Å². The Hall–Kier alpha value is -2.13. The largest absolute Gasteiger partial charge is 1.00 e. The van der Waals surface area contributed by atoms with Crippen LogP contribution in [0.15, 0.2) is 21.8 Å². The molecule has 1 fully saturated rings. The smallest absolute Gasteiger partial charge is 0.543 e. The third kappa shape index (κ3) is 5.20. The van der Waals surface area contributed by atoms with Gasteiger partial charge < -0.3 is 30.5 Å². The Morgan fingerprint density at radius 2 is 2.16 bits per heavy atom. The Bertz CT molecular complexity index is 979. The fraction of sp³-hybridized carbons (Fsp3) is 0.375. The van der Waals surface area contributed by atoms with Crippen molar-refractivity contribution in [3.8, 4) is 0 Å². The van der Waals surface area contributed by atoms with Crippen LogP contribution in [-0.4, -0.2) is 70.2 Å². The number of hydrogen-bond acceptors (Lipinski definition) is 12. The molecule has 1 aromatic rings. The summed E-state index contributed by atoms with van der Waals surface area (Å²) in [7, 11) is 1.25. The topological polar surface area (TPSA) is 176 Å². The van der Waals surface area contributed by atoms with E-state index in [0.717, 1.165) is 16.2 Å². The summed E-state index contributed by atoms with van der Waals surface area (Å²) in [5.74, 6) is -3.35. The molecule has 1 saturated heterocycles. The first kappa shape index (κ1) is 25.1. The Balaban J connectivity index is 0.00000341. The van der Waals surface area contributed by atoms with Crippen LogP contribution in [-0.2, 0) is 28.8 Å². The van der Waals surface area contributed by atoms with Gasteiger partial charge in [0.1, 0.15) is 30.8 Å². The first-order valence-corrected chi connectivity index (χ1v) is 10.3. The van der Waals surface area contributed by atoms with Gasteiger partial charge in [-0.05, 0) is 0 Å². The number of aliphatic carboxylic acids is 1. The Morgan fingerprint density at radius 3 is 2.71 bits per heavy atom. The fourth-order valence-electron chi connectivity index (χ4n) is 2.87. The van der Waals surface area contributed by atoms with E-state index in [4.69, 9.17) is 10.5 Å². The Kier molecular flexibility index (Phi) is 8.48. The predicted molar refractivity (Wildman–Crippen MR) is 104 cm³/mol. The molecule has 1 unspecified atom stereocenters. The molecule has 31 heavy (non-hydrogen) atoms. The average molecular weight is 477 g/mol. The van der Waals surface area contributed by atoms with E-state index in [2.05, 4.69) is 20.3 Å². The molecule has 1 aromatic heterocycles. The van der Waals surface area contributed by atoms with Crippen molar-refractivity contribution in [3.63, 3.8) is 0 Å². The number of esters is 1. The van der Waals surface area contributed by atoms with Gasteiger partial charge in [-0.3, -0.25) is 19.3 Å². The average Bonchev–Trinajstić information content (AvgIpc) is 3.13. The molecule has 15 heteroatoms. The molecule has 2 aliphatic heterocycles. The molecule has 2 aliphatic rings. The molecule has 0 bridgehead atoms. The van der Waals surface area contributed by atoms with Crippen LogP contribution in [0.3, 0.4) is 0 Å². The van der Waals surface area contributed by atoms with Gasteiger partial charge in [-0.2, -0.15) is 0 Å². The Labute approximate surface area is 206 Å². The summed E-state index contributed by atoms with van der Waals surface area (Å²) in [5, 5.41) is 18.8. The van der Waals surface area contributed by atoms with Gasteiger partial charge in [-0.25, -0.2) is 4.98 Å². The zero-order valence-corrected chi connectivity index (χ0v) is 20.4. The summed E-state index contributed by atoms with van der Waals surface area (Å²) in [5.41, 5.74) is 5.46. The number of ether oxygens (including phenoxy) is 1. The number of carboxylic acids is 1. The van der Waals surface area contributed by atoms with Crippen LogP contribution in [0, 0.1) is 0 Å². The molecule has 0 saturated carbocycles. The van der Waals surface area contributed by atoms with E-state index in [1.807, 2.05) is 0 Å². The minimum Gasteiger partial charge on any atom is -0.543 e. The number of oxime groups is 1. The van der Waals surface area contributed by atoms with Gasteiger partial charge in [0.25, 0.3) is 11.8 Å². The molecule has 2 atom stereocenters. The van der Waals surface area contributed by atoms with Crippen LogP contribution in [0.5, 0.6) is 0 Å². The molecule has 12 nitrogen and oxygen atoms in total. The van der Waals surface area contributed by atoms with Crippen molar-refractivity contribution in [2.75, 3.05) is 25.2 Å². The Morgan fingerprint density at radius 1 is 1.45 bits per heavy atom. The van der Waals surface area contributed by atoms with Crippen molar-refractivity contribution < 1.29 is 63.4 Å². The van der Waals surface area contributed by atoms with Crippen LogP contribution < -0.4 is 45.7 Å². The number of nitrogen functional groups attached to an aromatic ring is 1. The number of carbonyl (C=O) groups is 4. The second-order valence-electron chi connectivity index (χ2n) is 6.07. The number of thiazole rings is 1. The minimum atomic E-state index is -1.57. The number of fused-ring (bicyclic) bond motifs is 1. The summed E-state index contributed by atoms with van der Waals surface area (Å²) in [6, 6.07) is -0.995. The molecule has 2 amide bonds. The van der Waals surface area contributed by atoms with E-state index in [1.165, 1.54) is 31.2 Å². The number of aromatic nitrogens is 1. The van der Waals surface area contributed by atoms with Gasteiger partial charge in [0.15, 0.2) is 10.8 Å². The normalized spacial score (nSPS) is 20.3. The number of rotatable bonds is 7. The van der Waals surface area contributed by atoms with Crippen LogP contribution in [0.25, 0.3) is 0 Å². The fourth-order valence-corrected chi connectivity index (χ4v) is 4.75. The van der Waals surface area contributed by atoms with E-state index in [9.17, 15) is 24.3 Å². The molecular formula is C16H16N5NaO7S2. The van der Waals surface area contributed by atoms with Crippen LogP contribution in [0.2, 0.25) is 0 Å². The summed E-state index contributed by atoms with van der Waals surface area (Å²) >= 11 is 2.32. The number of nitrogens with one attached hydrogen (secondary N) is 1. The number of nitrogens with zero attached hydrogens (tertiary/aromatic N) is 3.